The van der Waals surface area contributed by atoms with E-state index in [4.69, 9.17) is 11.6 Å². The minimum absolute atomic E-state index is 0.180. The lowest BCUT2D eigenvalue weighted by atomic mass is 9.91. The summed E-state index contributed by atoms with van der Waals surface area (Å²) in [6, 6.07) is 6.01. The highest BCUT2D eigenvalue weighted by atomic mass is 35.5. The van der Waals surface area contributed by atoms with Crippen LogP contribution < -0.4 is 0 Å². The van der Waals surface area contributed by atoms with Crippen LogP contribution in [0.25, 0.3) is 0 Å². The quantitative estimate of drug-likeness (QED) is 0.684. The fraction of sp³-hybridized carbons (Fsp3) is 0.615. The molecule has 1 aromatic heterocycles. The number of hydrogen-bond donors (Lipinski definition) is 0. The van der Waals surface area contributed by atoms with Crippen LogP contribution in [0.5, 0.6) is 0 Å². The van der Waals surface area contributed by atoms with Gasteiger partial charge in [-0.2, -0.15) is 0 Å². The molecule has 1 nitrogen and oxygen atoms in total. The summed E-state index contributed by atoms with van der Waals surface area (Å²) in [5.41, 5.74) is 1.10. The number of aromatic nitrogens is 1. The first-order chi connectivity index (χ1) is 7.16. The first kappa shape index (κ1) is 12.5. The van der Waals surface area contributed by atoms with E-state index in [0.717, 1.165) is 5.69 Å². The van der Waals surface area contributed by atoms with Crippen LogP contribution in [0.4, 0.5) is 0 Å². The van der Waals surface area contributed by atoms with Crippen LogP contribution in [0.1, 0.15) is 45.2 Å². The van der Waals surface area contributed by atoms with Crippen LogP contribution >= 0.6 is 11.6 Å². The fourth-order valence-corrected chi connectivity index (χ4v) is 2.17. The van der Waals surface area contributed by atoms with Crippen molar-refractivity contribution in [1.82, 2.24) is 4.98 Å². The molecule has 0 saturated carbocycles. The van der Waals surface area contributed by atoms with Crippen molar-refractivity contribution in [3.05, 3.63) is 30.1 Å². The molecular formula is C13H20ClN. The zero-order valence-electron chi connectivity index (χ0n) is 9.78. The predicted octanol–water partition coefficient (Wildman–Crippen LogP) is 4.23. The molecule has 15 heavy (non-hydrogen) atoms. The molecule has 2 heteroatoms. The van der Waals surface area contributed by atoms with E-state index in [0.29, 0.717) is 11.8 Å². The summed E-state index contributed by atoms with van der Waals surface area (Å²) in [5.74, 6) is 0.878. The maximum absolute atomic E-state index is 6.46. The van der Waals surface area contributed by atoms with Crippen molar-refractivity contribution in [2.75, 3.05) is 0 Å². The molecular weight excluding hydrogens is 206 g/mol. The molecule has 3 unspecified atom stereocenters. The molecule has 0 aliphatic rings. The number of nitrogens with zero attached hydrogens (tertiary/aromatic N) is 1. The highest BCUT2D eigenvalue weighted by Crippen LogP contribution is 2.29. The normalized spacial score (nSPS) is 17.1. The predicted molar refractivity (Wildman–Crippen MR) is 66.4 cm³/mol. The van der Waals surface area contributed by atoms with E-state index in [1.54, 1.807) is 0 Å². The van der Waals surface area contributed by atoms with Crippen molar-refractivity contribution in [2.24, 2.45) is 5.92 Å². The largest absolute Gasteiger partial charge is 0.261 e. The molecule has 0 radical (unpaired) electrons. The monoisotopic (exact) mass is 225 g/mol. The van der Waals surface area contributed by atoms with Gasteiger partial charge in [0.1, 0.15) is 0 Å². The number of hydrogen-bond acceptors (Lipinski definition) is 1. The molecule has 0 N–H and O–H groups in total. The Morgan fingerprint density at radius 1 is 1.33 bits per heavy atom. The third kappa shape index (κ3) is 3.49. The fourth-order valence-electron chi connectivity index (χ4n) is 1.92. The summed E-state index contributed by atoms with van der Waals surface area (Å²) in [6.07, 6.45) is 4.21. The molecule has 0 aliphatic carbocycles. The van der Waals surface area contributed by atoms with Crippen molar-refractivity contribution < 1.29 is 0 Å². The van der Waals surface area contributed by atoms with Gasteiger partial charge in [0.25, 0.3) is 0 Å². The van der Waals surface area contributed by atoms with Gasteiger partial charge < -0.3 is 0 Å². The summed E-state index contributed by atoms with van der Waals surface area (Å²) < 4.78 is 0. The number of rotatable bonds is 5. The molecule has 0 spiro atoms. The molecule has 0 aliphatic heterocycles. The smallest absolute Gasteiger partial charge is 0.0446 e. The van der Waals surface area contributed by atoms with E-state index in [-0.39, 0.29) is 5.38 Å². The molecule has 1 rings (SSSR count). The van der Waals surface area contributed by atoms with Gasteiger partial charge in [-0.3, -0.25) is 4.98 Å². The highest BCUT2D eigenvalue weighted by molar-refractivity contribution is 6.21. The van der Waals surface area contributed by atoms with Crippen molar-refractivity contribution >= 4 is 11.6 Å². The van der Waals surface area contributed by atoms with Gasteiger partial charge in [-0.15, -0.1) is 11.6 Å². The topological polar surface area (TPSA) is 12.9 Å². The maximum atomic E-state index is 6.46. The Bertz CT molecular complexity index is 273. The summed E-state index contributed by atoms with van der Waals surface area (Å²) >= 11 is 6.46. The summed E-state index contributed by atoms with van der Waals surface area (Å²) in [7, 11) is 0. The Kier molecular flexibility index (Phi) is 5.10. The van der Waals surface area contributed by atoms with Gasteiger partial charge in [0.15, 0.2) is 0 Å². The molecule has 0 bridgehead atoms. The zero-order valence-corrected chi connectivity index (χ0v) is 10.5. The molecule has 0 amide bonds. The lowest BCUT2D eigenvalue weighted by Gasteiger charge is -2.23. The van der Waals surface area contributed by atoms with Crippen LogP contribution in [-0.4, -0.2) is 10.4 Å². The highest BCUT2D eigenvalue weighted by Gasteiger charge is 2.22. The lowest BCUT2D eigenvalue weighted by molar-refractivity contribution is 0.453. The zero-order chi connectivity index (χ0) is 11.3. The third-order valence-corrected chi connectivity index (χ3v) is 3.73. The molecule has 1 heterocycles. The van der Waals surface area contributed by atoms with Crippen LogP contribution in [0.3, 0.4) is 0 Å². The Hall–Kier alpha value is -0.560. The van der Waals surface area contributed by atoms with E-state index in [1.807, 2.05) is 18.3 Å². The summed E-state index contributed by atoms with van der Waals surface area (Å²) in [5, 5.41) is 0.180. The van der Waals surface area contributed by atoms with Gasteiger partial charge in [0.2, 0.25) is 0 Å². The van der Waals surface area contributed by atoms with Gasteiger partial charge >= 0.3 is 0 Å². The van der Waals surface area contributed by atoms with Gasteiger partial charge in [0.05, 0.1) is 0 Å². The van der Waals surface area contributed by atoms with E-state index < -0.39 is 0 Å². The SMILES string of the molecule is CCCC(C)C(Cl)C(C)c1ccccn1. The molecule has 84 valence electrons. The summed E-state index contributed by atoms with van der Waals surface area (Å²) in [6.45, 7) is 6.58. The molecule has 1 aromatic rings. The van der Waals surface area contributed by atoms with Crippen molar-refractivity contribution in [3.63, 3.8) is 0 Å². The Labute approximate surface area is 97.9 Å². The molecule has 0 aromatic carbocycles. The molecule has 3 atom stereocenters. The van der Waals surface area contributed by atoms with Crippen LogP contribution in [-0.2, 0) is 0 Å². The van der Waals surface area contributed by atoms with Gasteiger partial charge in [0, 0.05) is 23.2 Å². The molecule has 0 saturated heterocycles. The van der Waals surface area contributed by atoms with Crippen molar-refractivity contribution in [1.29, 1.82) is 0 Å². The Morgan fingerprint density at radius 3 is 2.60 bits per heavy atom. The standard InChI is InChI=1S/C13H20ClN/c1-4-7-10(2)13(14)11(3)12-8-5-6-9-15-12/h5-6,8-11,13H,4,7H2,1-3H3. The first-order valence-electron chi connectivity index (χ1n) is 5.71. The average molecular weight is 226 g/mol. The van der Waals surface area contributed by atoms with Crippen molar-refractivity contribution in [2.45, 2.75) is 44.9 Å². The van der Waals surface area contributed by atoms with Gasteiger partial charge in [-0.1, -0.05) is 33.3 Å². The number of pyridine rings is 1. The maximum Gasteiger partial charge on any atom is 0.0446 e. The second-order valence-corrected chi connectivity index (χ2v) is 4.76. The number of halogens is 1. The van der Waals surface area contributed by atoms with E-state index in [1.165, 1.54) is 12.8 Å². The second kappa shape index (κ2) is 6.12. The van der Waals surface area contributed by atoms with Crippen LogP contribution in [0.15, 0.2) is 24.4 Å². The van der Waals surface area contributed by atoms with Crippen LogP contribution in [0, 0.1) is 5.92 Å². The van der Waals surface area contributed by atoms with Crippen molar-refractivity contribution in [3.8, 4) is 0 Å². The van der Waals surface area contributed by atoms with E-state index in [2.05, 4.69) is 31.8 Å². The number of alkyl halides is 1. The molecule has 0 fully saturated rings. The first-order valence-corrected chi connectivity index (χ1v) is 6.15. The van der Waals surface area contributed by atoms with Crippen LogP contribution in [0.2, 0.25) is 0 Å². The van der Waals surface area contributed by atoms with Gasteiger partial charge in [-0.05, 0) is 24.5 Å². The minimum Gasteiger partial charge on any atom is -0.261 e. The third-order valence-electron chi connectivity index (χ3n) is 2.92. The van der Waals surface area contributed by atoms with E-state index >= 15 is 0 Å². The average Bonchev–Trinajstić information content (AvgIpc) is 2.28. The van der Waals surface area contributed by atoms with E-state index in [9.17, 15) is 0 Å². The summed E-state index contributed by atoms with van der Waals surface area (Å²) in [4.78, 5) is 4.36. The lowest BCUT2D eigenvalue weighted by Crippen LogP contribution is -2.19. The Morgan fingerprint density at radius 2 is 2.07 bits per heavy atom. The Balaban J connectivity index is 2.64. The second-order valence-electron chi connectivity index (χ2n) is 4.25. The van der Waals surface area contributed by atoms with Gasteiger partial charge in [-0.25, -0.2) is 0 Å². The minimum atomic E-state index is 0.180.